The summed E-state index contributed by atoms with van der Waals surface area (Å²) in [6.45, 7) is 0. The lowest BCUT2D eigenvalue weighted by Gasteiger charge is -2.26. The monoisotopic (exact) mass is 641 g/mol. The molecule has 41 heavy (non-hydrogen) atoms. The van der Waals surface area contributed by atoms with Crippen molar-refractivity contribution in [2.75, 3.05) is 5.32 Å². The first kappa shape index (κ1) is 24.1. The van der Waals surface area contributed by atoms with Gasteiger partial charge in [-0.05, 0) is 52.7 Å². The third-order valence-corrected chi connectivity index (χ3v) is 8.14. The summed E-state index contributed by atoms with van der Waals surface area (Å²) in [6.07, 6.45) is 2.22. The van der Waals surface area contributed by atoms with Gasteiger partial charge in [0.05, 0.1) is 22.1 Å². The predicted molar refractivity (Wildman–Crippen MR) is 180 cm³/mol. The summed E-state index contributed by atoms with van der Waals surface area (Å²) >= 11 is 0. The summed E-state index contributed by atoms with van der Waals surface area (Å²) in [4.78, 5) is 10.3. The number of anilines is 1. The minimum atomic E-state index is -0.112. The van der Waals surface area contributed by atoms with Gasteiger partial charge in [-0.2, -0.15) is 0 Å². The SMILES string of the molecule is I.c1ccc(C2N=C(n3c4cc5ccccc5cc4c4cc5nc6ccccc6n5cc43)Nc3ccccc32)cc1. The van der Waals surface area contributed by atoms with E-state index in [0.29, 0.717) is 0 Å². The van der Waals surface area contributed by atoms with Gasteiger partial charge in [-0.3, -0.25) is 8.97 Å². The summed E-state index contributed by atoms with van der Waals surface area (Å²) in [7, 11) is 0. The van der Waals surface area contributed by atoms with Gasteiger partial charge in [-0.25, -0.2) is 9.98 Å². The van der Waals surface area contributed by atoms with Crippen LogP contribution in [0.3, 0.4) is 0 Å². The Balaban J connectivity index is 0.00000256. The molecule has 1 unspecified atom stereocenters. The number of hydrogen-bond donors (Lipinski definition) is 1. The number of halogens is 1. The van der Waals surface area contributed by atoms with Gasteiger partial charge in [0.1, 0.15) is 11.7 Å². The van der Waals surface area contributed by atoms with Gasteiger partial charge in [-0.15, -0.1) is 24.0 Å². The Morgan fingerprint density at radius 2 is 1.34 bits per heavy atom. The maximum atomic E-state index is 5.39. The van der Waals surface area contributed by atoms with Crippen molar-refractivity contribution < 1.29 is 0 Å². The minimum Gasteiger partial charge on any atom is -0.325 e. The van der Waals surface area contributed by atoms with Crippen molar-refractivity contribution in [3.63, 3.8) is 0 Å². The molecule has 1 atom stereocenters. The Morgan fingerprint density at radius 1 is 0.634 bits per heavy atom. The van der Waals surface area contributed by atoms with E-state index in [0.717, 1.165) is 44.7 Å². The van der Waals surface area contributed by atoms with Crippen LogP contribution in [0.4, 0.5) is 5.69 Å². The number of pyridine rings is 1. The van der Waals surface area contributed by atoms with E-state index < -0.39 is 0 Å². The molecule has 0 saturated carbocycles. The molecule has 0 fully saturated rings. The van der Waals surface area contributed by atoms with E-state index in [1.165, 1.54) is 27.3 Å². The summed E-state index contributed by atoms with van der Waals surface area (Å²) < 4.78 is 4.48. The fraction of sp³-hybridized carbons (Fsp3) is 0.0286. The van der Waals surface area contributed by atoms with Crippen LogP contribution in [-0.4, -0.2) is 19.9 Å². The van der Waals surface area contributed by atoms with Crippen LogP contribution in [0.5, 0.6) is 0 Å². The highest BCUT2D eigenvalue weighted by molar-refractivity contribution is 14.0. The topological polar surface area (TPSA) is 46.6 Å². The van der Waals surface area contributed by atoms with Crippen molar-refractivity contribution in [3.05, 3.63) is 139 Å². The molecule has 3 aromatic heterocycles. The smallest absolute Gasteiger partial charge is 0.208 e. The average molecular weight is 642 g/mol. The number of benzene rings is 5. The van der Waals surface area contributed by atoms with E-state index in [2.05, 4.69) is 136 Å². The predicted octanol–water partition coefficient (Wildman–Crippen LogP) is 8.79. The lowest BCUT2D eigenvalue weighted by molar-refractivity contribution is 0.851. The highest BCUT2D eigenvalue weighted by Gasteiger charge is 2.26. The van der Waals surface area contributed by atoms with Crippen LogP contribution in [0.25, 0.3) is 49.3 Å². The van der Waals surface area contributed by atoms with E-state index >= 15 is 0 Å². The Morgan fingerprint density at radius 3 is 2.22 bits per heavy atom. The second-order valence-corrected chi connectivity index (χ2v) is 10.4. The second-order valence-electron chi connectivity index (χ2n) is 10.4. The molecule has 0 amide bonds. The molecule has 0 saturated heterocycles. The van der Waals surface area contributed by atoms with E-state index in [1.54, 1.807) is 0 Å². The Kier molecular flexibility index (Phi) is 5.40. The Labute approximate surface area is 252 Å². The molecule has 8 aromatic rings. The molecule has 1 aliphatic rings. The Bertz CT molecular complexity index is 2310. The molecular weight excluding hydrogens is 617 g/mol. The van der Waals surface area contributed by atoms with Crippen molar-refractivity contribution >= 4 is 84.9 Å². The van der Waals surface area contributed by atoms with E-state index in [4.69, 9.17) is 9.98 Å². The highest BCUT2D eigenvalue weighted by Crippen LogP contribution is 2.38. The summed E-state index contributed by atoms with van der Waals surface area (Å²) in [5.41, 5.74) is 8.63. The fourth-order valence-corrected chi connectivity index (χ4v) is 6.27. The first-order valence-electron chi connectivity index (χ1n) is 13.5. The number of aromatic nitrogens is 3. The van der Waals surface area contributed by atoms with Crippen molar-refractivity contribution in [1.29, 1.82) is 0 Å². The van der Waals surface area contributed by atoms with Crippen molar-refractivity contribution in [2.45, 2.75) is 6.04 Å². The molecule has 0 spiro atoms. The molecule has 0 radical (unpaired) electrons. The standard InChI is InChI=1S/C35H23N5.HI/c1-2-10-22(11-3-1)34-25-14-6-7-15-28(25)37-35(38-34)40-31-19-24-13-5-4-12-23(24)18-26(31)27-20-33-36-29-16-8-9-17-30(29)39(33)21-32(27)40;/h1-21,34H,(H,37,38);1H. The van der Waals surface area contributed by atoms with Gasteiger partial charge in [0.2, 0.25) is 5.96 Å². The zero-order valence-corrected chi connectivity index (χ0v) is 24.2. The van der Waals surface area contributed by atoms with E-state index in [9.17, 15) is 0 Å². The zero-order valence-electron chi connectivity index (χ0n) is 21.9. The molecule has 5 nitrogen and oxygen atoms in total. The van der Waals surface area contributed by atoms with Crippen LogP contribution in [0.2, 0.25) is 0 Å². The molecule has 9 rings (SSSR count). The van der Waals surface area contributed by atoms with Gasteiger partial charge in [0, 0.05) is 28.2 Å². The minimum absolute atomic E-state index is 0. The number of para-hydroxylation sites is 3. The fourth-order valence-electron chi connectivity index (χ4n) is 6.27. The number of fused-ring (bicyclic) bond motifs is 8. The number of hydrogen-bond acceptors (Lipinski definition) is 3. The number of imidazole rings is 1. The first-order chi connectivity index (χ1) is 19.8. The van der Waals surface area contributed by atoms with Gasteiger partial charge in [0.15, 0.2) is 0 Å². The molecule has 0 aliphatic carbocycles. The Hall–Kier alpha value is -4.69. The molecule has 196 valence electrons. The largest absolute Gasteiger partial charge is 0.325 e. The molecule has 6 heteroatoms. The third kappa shape index (κ3) is 3.60. The molecule has 0 bridgehead atoms. The van der Waals surface area contributed by atoms with Crippen molar-refractivity contribution in [2.24, 2.45) is 4.99 Å². The lowest BCUT2D eigenvalue weighted by atomic mass is 9.96. The van der Waals surface area contributed by atoms with Crippen LogP contribution in [0.1, 0.15) is 17.2 Å². The molecule has 4 heterocycles. The number of nitrogens with one attached hydrogen (secondary N) is 1. The normalized spacial score (nSPS) is 14.7. The van der Waals surface area contributed by atoms with Crippen LogP contribution < -0.4 is 5.32 Å². The highest BCUT2D eigenvalue weighted by atomic mass is 127. The maximum absolute atomic E-state index is 5.39. The van der Waals surface area contributed by atoms with E-state index in [1.807, 2.05) is 6.07 Å². The van der Waals surface area contributed by atoms with Gasteiger partial charge in [0.25, 0.3) is 0 Å². The molecular formula is C35H24IN5. The molecule has 5 aromatic carbocycles. The second kappa shape index (κ2) is 9.17. The lowest BCUT2D eigenvalue weighted by Crippen LogP contribution is -2.27. The third-order valence-electron chi connectivity index (χ3n) is 8.14. The van der Waals surface area contributed by atoms with Crippen LogP contribution in [0, 0.1) is 0 Å². The average Bonchev–Trinajstić information content (AvgIpc) is 3.53. The van der Waals surface area contributed by atoms with Crippen LogP contribution in [0.15, 0.2) is 133 Å². The first-order valence-corrected chi connectivity index (χ1v) is 13.5. The van der Waals surface area contributed by atoms with Gasteiger partial charge in [-0.1, -0.05) is 84.9 Å². The van der Waals surface area contributed by atoms with E-state index in [-0.39, 0.29) is 30.0 Å². The number of aliphatic imine (C=N–C) groups is 1. The number of rotatable bonds is 1. The van der Waals surface area contributed by atoms with Crippen LogP contribution >= 0.6 is 24.0 Å². The van der Waals surface area contributed by atoms with Crippen molar-refractivity contribution in [1.82, 2.24) is 14.0 Å². The number of nitrogens with zero attached hydrogens (tertiary/aromatic N) is 4. The molecule has 1 N–H and O–H groups in total. The summed E-state index contributed by atoms with van der Waals surface area (Å²) in [5.74, 6) is 0.812. The zero-order chi connectivity index (χ0) is 26.2. The van der Waals surface area contributed by atoms with Gasteiger partial charge >= 0.3 is 0 Å². The van der Waals surface area contributed by atoms with Crippen molar-refractivity contribution in [3.8, 4) is 0 Å². The summed E-state index contributed by atoms with van der Waals surface area (Å²) in [5, 5.41) is 8.45. The van der Waals surface area contributed by atoms with Gasteiger partial charge < -0.3 is 5.32 Å². The van der Waals surface area contributed by atoms with Crippen LogP contribution in [-0.2, 0) is 0 Å². The maximum Gasteiger partial charge on any atom is 0.208 e. The summed E-state index contributed by atoms with van der Waals surface area (Å²) in [6, 6.07) is 42.6. The quantitative estimate of drug-likeness (QED) is 0.182. The molecule has 1 aliphatic heterocycles.